The van der Waals surface area contributed by atoms with Gasteiger partial charge in [-0.05, 0) is 0 Å². The van der Waals surface area contributed by atoms with E-state index >= 15 is 0 Å². The van der Waals surface area contributed by atoms with E-state index in [1.165, 1.54) is 0 Å². The van der Waals surface area contributed by atoms with Gasteiger partial charge in [0.2, 0.25) is 0 Å². The van der Waals surface area contributed by atoms with Gasteiger partial charge >= 0.3 is 51.4 Å². The third-order valence-corrected chi connectivity index (χ3v) is 0. The molecule has 0 radical (unpaired) electrons. The fraction of sp³-hybridized carbons (Fsp3) is 0. The van der Waals surface area contributed by atoms with Crippen molar-refractivity contribution in [2.24, 2.45) is 0 Å². The second-order valence-electron chi connectivity index (χ2n) is 1.08. The van der Waals surface area contributed by atoms with Gasteiger partial charge in [-0.25, -0.2) is 0 Å². The van der Waals surface area contributed by atoms with Crippen LogP contribution in [0.2, 0.25) is 0 Å². The van der Waals surface area contributed by atoms with Gasteiger partial charge in [0, 0.05) is 10.4 Å². The molecule has 0 heterocycles. The fourth-order valence-corrected chi connectivity index (χ4v) is 0. The number of nitrogens with zero attached hydrogens (tertiary/aromatic N) is 1. The molecule has 88 valence electrons. The molecule has 15 heavy (non-hydrogen) atoms. The Kier molecular flexibility index (Phi) is 18.7. The Morgan fingerprint density at radius 1 is 1.00 bits per heavy atom. The number of hydrogen-bond donors (Lipinski definition) is 0. The van der Waals surface area contributed by atoms with Crippen molar-refractivity contribution < 1.29 is 93.2 Å². The quantitative estimate of drug-likeness (QED) is 0.101. The Morgan fingerprint density at radius 2 is 1.00 bits per heavy atom. The van der Waals surface area contributed by atoms with Gasteiger partial charge in [-0.1, -0.05) is 0 Å². The second kappa shape index (κ2) is 11.3. The number of rotatable bonds is 0. The van der Waals surface area contributed by atoms with Crippen molar-refractivity contribution in [2.45, 2.75) is 0 Å². The minimum absolute atomic E-state index is 0. The summed E-state index contributed by atoms with van der Waals surface area (Å²) >= 11 is 0. The van der Waals surface area contributed by atoms with Crippen molar-refractivity contribution in [3.05, 3.63) is 15.3 Å². The van der Waals surface area contributed by atoms with E-state index in [0.717, 1.165) is 0 Å². The van der Waals surface area contributed by atoms with Crippen molar-refractivity contribution in [3.8, 4) is 0 Å². The average molecular weight is 292 g/mol. The second-order valence-corrected chi connectivity index (χ2v) is 2.79. The first-order valence-corrected chi connectivity index (χ1v) is 4.74. The third kappa shape index (κ3) is 3650. The summed E-state index contributed by atoms with van der Waals surface area (Å²) in [7, 11) is -10.6. The van der Waals surface area contributed by atoms with Gasteiger partial charge in [0.05, 0.1) is 5.09 Å². The molecule has 15 heteroatoms. The maximum atomic E-state index is 8.55. The summed E-state index contributed by atoms with van der Waals surface area (Å²) in [5.74, 6) is 0. The topological polar surface area (TPSA) is 233 Å². The normalized spacial score (nSPS) is 9.40. The minimum atomic E-state index is -5.39. The van der Waals surface area contributed by atoms with Crippen LogP contribution in [-0.4, -0.2) is 22.6 Å². The van der Waals surface area contributed by atoms with E-state index in [0.29, 0.717) is 0 Å². The molecule has 0 aromatic carbocycles. The summed E-state index contributed by atoms with van der Waals surface area (Å²) in [6.07, 6.45) is 0. The molecule has 0 unspecified atom stereocenters. The number of phosphoric acid groups is 1. The number of hydrogen-bond acceptors (Lipinski definition) is 11. The average Bonchev–Trinajstić information content (AvgIpc) is 1.45. The van der Waals surface area contributed by atoms with Gasteiger partial charge < -0.3 is 43.7 Å². The summed E-state index contributed by atoms with van der Waals surface area (Å²) in [6.45, 7) is 0. The first-order chi connectivity index (χ1) is 5.73. The van der Waals surface area contributed by atoms with E-state index in [1.54, 1.807) is 0 Å². The zero-order valence-corrected chi connectivity index (χ0v) is 11.6. The zero-order chi connectivity index (χ0) is 12.6. The smallest absolute Gasteiger partial charge is 0.822 e. The van der Waals surface area contributed by atoms with Crippen LogP contribution in [0.1, 0.15) is 0 Å². The zero-order valence-electron chi connectivity index (χ0n) is 6.79. The van der Waals surface area contributed by atoms with Gasteiger partial charge in [0.25, 0.3) is 0 Å². The molecule has 0 saturated carbocycles. The van der Waals surface area contributed by atoms with Gasteiger partial charge in [0.15, 0.2) is 0 Å². The molecule has 0 fully saturated rings. The van der Waals surface area contributed by atoms with E-state index in [9.17, 15) is 0 Å². The van der Waals surface area contributed by atoms with Crippen molar-refractivity contribution in [1.29, 1.82) is 0 Å². The van der Waals surface area contributed by atoms with E-state index in [2.05, 4.69) is 0 Å². The first-order valence-electron chi connectivity index (χ1n) is 1.94. The Hall–Kier alpha value is 0.816. The van der Waals surface area contributed by atoms with Crippen LogP contribution in [0, 0.1) is 15.3 Å². The fourth-order valence-electron chi connectivity index (χ4n) is 0. The monoisotopic (exact) mass is 292 g/mol. The molecule has 0 aliphatic heterocycles. The molecule has 0 bridgehead atoms. The molecule has 0 aromatic heterocycles. The van der Waals surface area contributed by atoms with Crippen molar-refractivity contribution in [2.75, 3.05) is 0 Å². The third-order valence-electron chi connectivity index (χ3n) is 0. The first kappa shape index (κ1) is 24.9. The van der Waals surface area contributed by atoms with Gasteiger partial charge in [-0.15, -0.1) is 0 Å². The van der Waals surface area contributed by atoms with Crippen LogP contribution in [0.25, 0.3) is 0 Å². The Bertz CT molecular complexity index is 265. The predicted molar refractivity (Wildman–Crippen MR) is 28.4 cm³/mol. The Labute approximate surface area is 125 Å². The molecule has 0 aromatic rings. The van der Waals surface area contributed by atoms with Gasteiger partial charge in [-0.2, -0.15) is 7.82 Å². The Morgan fingerprint density at radius 3 is 1.00 bits per heavy atom. The van der Waals surface area contributed by atoms with Crippen LogP contribution in [0.3, 0.4) is 0 Å². The summed E-state index contributed by atoms with van der Waals surface area (Å²) < 4.78 is 42.6. The van der Waals surface area contributed by atoms with Gasteiger partial charge in [0.1, 0.15) is 0 Å². The van der Waals surface area contributed by atoms with Crippen LogP contribution >= 0.6 is 7.82 Å². The molecule has 0 N–H and O–H groups in total. The van der Waals surface area contributed by atoms with Crippen molar-refractivity contribution in [1.82, 2.24) is 0 Å². The van der Waals surface area contributed by atoms with Crippen molar-refractivity contribution >= 4 is 18.2 Å². The maximum Gasteiger partial charge on any atom is 1.00 e. The molecular formula is KNO11PS-5. The molecular weight excluding hydrogens is 292 g/mol. The summed E-state index contributed by atoms with van der Waals surface area (Å²) in [5, 5.41) is 14.8. The van der Waals surface area contributed by atoms with Crippen LogP contribution in [0.5, 0.6) is 0 Å². The van der Waals surface area contributed by atoms with Crippen LogP contribution < -0.4 is 66.1 Å². The standard InChI is InChI=1S/K.NO3.H3O4P.H2O4S/c;2-1(3)4;2*1-5(2,3)4/h;;(H3,1,2,3,4);(H2,1,2,3,4)/q+1;-1;;/p-5. The molecule has 0 amide bonds. The molecule has 0 aliphatic rings. The van der Waals surface area contributed by atoms with Crippen molar-refractivity contribution in [3.63, 3.8) is 0 Å². The molecule has 0 saturated heterocycles. The maximum absolute atomic E-state index is 8.55. The van der Waals surface area contributed by atoms with Crippen LogP contribution in [0.15, 0.2) is 0 Å². The van der Waals surface area contributed by atoms with E-state index in [4.69, 9.17) is 52.1 Å². The molecule has 12 nitrogen and oxygen atoms in total. The van der Waals surface area contributed by atoms with Crippen LogP contribution in [-0.2, 0) is 15.0 Å². The molecule has 0 spiro atoms. The molecule has 0 rings (SSSR count). The summed E-state index contributed by atoms with van der Waals surface area (Å²) in [5.41, 5.74) is 0. The van der Waals surface area contributed by atoms with Gasteiger partial charge in [-0.3, -0.25) is 8.42 Å². The predicted octanol–water partition coefficient (Wildman–Crippen LogP) is -7.40. The SMILES string of the molecule is O=P([O-])([O-])[O-].O=S(=O)([O-])[O-].O=[N+]([O-])[O-].[K+]. The Balaban J connectivity index is -0.0000000590. The van der Waals surface area contributed by atoms with E-state index < -0.39 is 23.3 Å². The molecule has 0 atom stereocenters. The largest absolute Gasteiger partial charge is 1.00 e. The molecule has 0 aliphatic carbocycles. The summed E-state index contributed by atoms with van der Waals surface area (Å²) in [4.78, 5) is 33.9. The summed E-state index contributed by atoms with van der Waals surface area (Å²) in [6, 6.07) is 0. The van der Waals surface area contributed by atoms with Crippen LogP contribution in [0.4, 0.5) is 0 Å². The minimum Gasteiger partial charge on any atom is -0.822 e. The van der Waals surface area contributed by atoms with E-state index in [-0.39, 0.29) is 51.4 Å². The van der Waals surface area contributed by atoms with E-state index in [1.807, 2.05) is 0 Å².